The van der Waals surface area contributed by atoms with Gasteiger partial charge in [0, 0.05) is 11.3 Å². The second-order valence-corrected chi connectivity index (χ2v) is 8.54. The summed E-state index contributed by atoms with van der Waals surface area (Å²) in [5, 5.41) is 0. The van der Waals surface area contributed by atoms with Gasteiger partial charge in [0.2, 0.25) is 0 Å². The van der Waals surface area contributed by atoms with Gasteiger partial charge < -0.3 is 9.63 Å². The van der Waals surface area contributed by atoms with Gasteiger partial charge in [-0.05, 0) is 29.7 Å². The molecule has 1 aliphatic rings. The Morgan fingerprint density at radius 2 is 1.67 bits per heavy atom. The van der Waals surface area contributed by atoms with E-state index in [2.05, 4.69) is 4.62 Å². The van der Waals surface area contributed by atoms with Crippen LogP contribution in [-0.2, 0) is 13.9 Å². The van der Waals surface area contributed by atoms with E-state index >= 15 is 0 Å². The van der Waals surface area contributed by atoms with Crippen LogP contribution in [0.4, 0.5) is 0 Å². The highest BCUT2D eigenvalue weighted by molar-refractivity contribution is 7.52. The average Bonchev–Trinajstić information content (AvgIpc) is 2.70. The van der Waals surface area contributed by atoms with Crippen LogP contribution in [-0.4, -0.2) is 18.2 Å². The standard InChI is InChI=1S/C21H24NO4P/c1-25-19-12-14-21(15-13-19,16-27(23,24)26-22)20(17-8-4-2-5-9-17)18-10-6-3-7-11-18/h2-14,20H,15-16,22H2,1H3,(H,23,24)/t21-/m0/s1. The predicted octanol–water partition coefficient (Wildman–Crippen LogP) is 4.37. The molecule has 0 saturated carbocycles. The molecule has 0 bridgehead atoms. The quantitative estimate of drug-likeness (QED) is 0.546. The van der Waals surface area contributed by atoms with Crippen molar-refractivity contribution in [2.24, 2.45) is 11.3 Å². The normalized spacial score (nSPS) is 21.6. The minimum Gasteiger partial charge on any atom is -0.497 e. The third-order valence-corrected chi connectivity index (χ3v) is 6.32. The lowest BCUT2D eigenvalue weighted by Crippen LogP contribution is -2.33. The van der Waals surface area contributed by atoms with E-state index in [-0.39, 0.29) is 12.1 Å². The number of nitrogens with two attached hydrogens (primary N) is 1. The zero-order valence-electron chi connectivity index (χ0n) is 15.2. The Bertz CT molecular complexity index is 827. The Balaban J connectivity index is 2.16. The SMILES string of the molecule is COC1=CC[C@@](CP(=O)(O)ON)(C(c2ccccc2)c2ccccc2)C=C1. The first-order valence-electron chi connectivity index (χ1n) is 8.73. The summed E-state index contributed by atoms with van der Waals surface area (Å²) in [6, 6.07) is 19.9. The number of methoxy groups -OCH3 is 1. The van der Waals surface area contributed by atoms with Gasteiger partial charge in [-0.15, -0.1) is 0 Å². The largest absolute Gasteiger partial charge is 0.497 e. The minimum atomic E-state index is -3.97. The molecular formula is C21H24NO4P. The van der Waals surface area contributed by atoms with E-state index in [0.717, 1.165) is 16.9 Å². The summed E-state index contributed by atoms with van der Waals surface area (Å²) in [5.74, 6) is 5.71. The zero-order chi connectivity index (χ0) is 19.3. The summed E-state index contributed by atoms with van der Waals surface area (Å²) >= 11 is 0. The molecule has 0 aliphatic heterocycles. The number of rotatable bonds is 7. The molecule has 0 amide bonds. The maximum Gasteiger partial charge on any atom is 0.345 e. The van der Waals surface area contributed by atoms with E-state index in [1.165, 1.54) is 0 Å². The lowest BCUT2D eigenvalue weighted by atomic mass is 9.66. The van der Waals surface area contributed by atoms with Crippen molar-refractivity contribution in [1.82, 2.24) is 0 Å². The van der Waals surface area contributed by atoms with Crippen LogP contribution in [0.3, 0.4) is 0 Å². The van der Waals surface area contributed by atoms with E-state index in [9.17, 15) is 9.46 Å². The van der Waals surface area contributed by atoms with Gasteiger partial charge in [-0.3, -0.25) is 4.57 Å². The third-order valence-electron chi connectivity index (χ3n) is 5.00. The minimum absolute atomic E-state index is 0.102. The zero-order valence-corrected chi connectivity index (χ0v) is 16.1. The number of ether oxygens (including phenoxy) is 1. The van der Waals surface area contributed by atoms with Crippen molar-refractivity contribution >= 4 is 7.60 Å². The van der Waals surface area contributed by atoms with Crippen LogP contribution < -0.4 is 5.90 Å². The second kappa shape index (κ2) is 8.24. The molecule has 0 radical (unpaired) electrons. The van der Waals surface area contributed by atoms with Crippen molar-refractivity contribution in [3.8, 4) is 0 Å². The number of benzene rings is 2. The summed E-state index contributed by atoms with van der Waals surface area (Å²) in [5.41, 5.74) is 1.42. The Morgan fingerprint density at radius 3 is 2.07 bits per heavy atom. The van der Waals surface area contributed by atoms with Gasteiger partial charge in [0.1, 0.15) is 5.76 Å². The van der Waals surface area contributed by atoms with Crippen molar-refractivity contribution in [1.29, 1.82) is 0 Å². The van der Waals surface area contributed by atoms with E-state index in [4.69, 9.17) is 10.6 Å². The van der Waals surface area contributed by atoms with E-state index in [0.29, 0.717) is 6.42 Å². The first kappa shape index (κ1) is 19.6. The number of hydrogen-bond acceptors (Lipinski definition) is 4. The molecule has 27 heavy (non-hydrogen) atoms. The Kier molecular flexibility index (Phi) is 5.98. The first-order valence-corrected chi connectivity index (χ1v) is 10.5. The Morgan fingerprint density at radius 1 is 1.11 bits per heavy atom. The fourth-order valence-corrected chi connectivity index (χ4v) is 5.04. The molecule has 0 heterocycles. The topological polar surface area (TPSA) is 81.8 Å². The molecule has 6 heteroatoms. The Labute approximate surface area is 159 Å². The van der Waals surface area contributed by atoms with E-state index in [1.54, 1.807) is 7.11 Å². The highest BCUT2D eigenvalue weighted by atomic mass is 31.2. The van der Waals surface area contributed by atoms with Crippen LogP contribution in [0.15, 0.2) is 84.7 Å². The maximum atomic E-state index is 12.5. The summed E-state index contributed by atoms with van der Waals surface area (Å²) < 4.78 is 22.3. The summed E-state index contributed by atoms with van der Waals surface area (Å²) in [6.45, 7) is 0. The second-order valence-electron chi connectivity index (χ2n) is 6.74. The van der Waals surface area contributed by atoms with Crippen molar-refractivity contribution in [2.75, 3.05) is 13.3 Å². The first-order chi connectivity index (χ1) is 13.0. The number of hydrogen-bond donors (Lipinski definition) is 2. The van der Waals surface area contributed by atoms with Gasteiger partial charge in [0.05, 0.1) is 13.3 Å². The average molecular weight is 385 g/mol. The maximum absolute atomic E-state index is 12.5. The molecule has 0 spiro atoms. The molecule has 2 aromatic carbocycles. The van der Waals surface area contributed by atoms with E-state index < -0.39 is 13.0 Å². The third kappa shape index (κ3) is 4.40. The molecule has 142 valence electrons. The van der Waals surface area contributed by atoms with E-state index in [1.807, 2.05) is 78.9 Å². The predicted molar refractivity (Wildman–Crippen MR) is 106 cm³/mol. The number of allylic oxidation sites excluding steroid dienone is 3. The molecule has 3 N–H and O–H groups in total. The van der Waals surface area contributed by atoms with Crippen LogP contribution in [0.1, 0.15) is 23.5 Å². The fourth-order valence-electron chi connectivity index (χ4n) is 3.81. The fraction of sp³-hybridized carbons (Fsp3) is 0.238. The van der Waals surface area contributed by atoms with Gasteiger partial charge in [-0.2, -0.15) is 0 Å². The van der Waals surface area contributed by atoms with Crippen LogP contribution in [0.2, 0.25) is 0 Å². The lowest BCUT2D eigenvalue weighted by Gasteiger charge is -2.40. The van der Waals surface area contributed by atoms with Gasteiger partial charge in [-0.1, -0.05) is 66.7 Å². The van der Waals surface area contributed by atoms with Gasteiger partial charge in [0.25, 0.3) is 0 Å². The molecule has 0 fully saturated rings. The van der Waals surface area contributed by atoms with Crippen molar-refractivity contribution in [2.45, 2.75) is 12.3 Å². The molecule has 1 aliphatic carbocycles. The van der Waals surface area contributed by atoms with Crippen LogP contribution in [0.25, 0.3) is 0 Å². The monoisotopic (exact) mass is 385 g/mol. The molecule has 0 saturated heterocycles. The summed E-state index contributed by atoms with van der Waals surface area (Å²) in [4.78, 5) is 10.2. The molecule has 1 unspecified atom stereocenters. The van der Waals surface area contributed by atoms with Crippen molar-refractivity contribution < 1.29 is 18.8 Å². The van der Waals surface area contributed by atoms with Gasteiger partial charge >= 0.3 is 7.60 Å². The van der Waals surface area contributed by atoms with Gasteiger partial charge in [0.15, 0.2) is 0 Å². The highest BCUT2D eigenvalue weighted by Crippen LogP contribution is 2.56. The Hall–Kier alpha value is -2.17. The molecule has 0 aromatic heterocycles. The molecule has 3 rings (SSSR count). The summed E-state index contributed by atoms with van der Waals surface area (Å²) in [7, 11) is -2.37. The van der Waals surface area contributed by atoms with Crippen LogP contribution >= 0.6 is 7.60 Å². The molecule has 2 aromatic rings. The highest BCUT2D eigenvalue weighted by Gasteiger charge is 2.44. The van der Waals surface area contributed by atoms with Crippen molar-refractivity contribution in [3.63, 3.8) is 0 Å². The van der Waals surface area contributed by atoms with Crippen LogP contribution in [0.5, 0.6) is 0 Å². The lowest BCUT2D eigenvalue weighted by molar-refractivity contribution is 0.243. The molecular weight excluding hydrogens is 361 g/mol. The summed E-state index contributed by atoms with van der Waals surface area (Å²) in [6.07, 6.45) is 6.16. The molecule has 2 atom stereocenters. The van der Waals surface area contributed by atoms with Crippen molar-refractivity contribution in [3.05, 3.63) is 95.8 Å². The van der Waals surface area contributed by atoms with Gasteiger partial charge in [-0.25, -0.2) is 10.5 Å². The molecule has 5 nitrogen and oxygen atoms in total. The van der Waals surface area contributed by atoms with Crippen LogP contribution in [0, 0.1) is 5.41 Å². The smallest absolute Gasteiger partial charge is 0.345 e.